The number of alkyl halides is 3. The number of carbonyl (C=O) groups is 1. The summed E-state index contributed by atoms with van der Waals surface area (Å²) in [4.78, 5) is 10.9. The Morgan fingerprint density at radius 3 is 2.67 bits per heavy atom. The van der Waals surface area contributed by atoms with E-state index in [2.05, 4.69) is 10.1 Å². The van der Waals surface area contributed by atoms with E-state index in [0.29, 0.717) is 0 Å². The summed E-state index contributed by atoms with van der Waals surface area (Å²) in [5.41, 5.74) is 0.0230. The predicted molar refractivity (Wildman–Crippen MR) is 69.3 cm³/mol. The van der Waals surface area contributed by atoms with Crippen molar-refractivity contribution in [3.05, 3.63) is 34.6 Å². The third kappa shape index (κ3) is 5.51. The van der Waals surface area contributed by atoms with Crippen LogP contribution in [-0.4, -0.2) is 25.3 Å². The van der Waals surface area contributed by atoms with Crippen molar-refractivity contribution in [1.29, 1.82) is 0 Å². The quantitative estimate of drug-likeness (QED) is 0.642. The molecule has 0 saturated heterocycles. The van der Waals surface area contributed by atoms with Gasteiger partial charge < -0.3 is 10.1 Å². The zero-order valence-corrected chi connectivity index (χ0v) is 11.9. The highest BCUT2D eigenvalue weighted by atomic mass is 35.5. The van der Waals surface area contributed by atoms with Crippen LogP contribution in [0.5, 0.6) is 0 Å². The number of nitrogens with one attached hydrogen (secondary N) is 1. The zero-order chi connectivity index (χ0) is 16.0. The van der Waals surface area contributed by atoms with Crippen LogP contribution in [0.4, 0.5) is 17.6 Å². The van der Waals surface area contributed by atoms with E-state index in [4.69, 9.17) is 11.6 Å². The number of esters is 1. The summed E-state index contributed by atoms with van der Waals surface area (Å²) in [5, 5.41) is 2.03. The Balaban J connectivity index is 2.69. The normalized spacial score (nSPS) is 13.0. The van der Waals surface area contributed by atoms with Gasteiger partial charge in [-0.3, -0.25) is 4.79 Å². The first-order chi connectivity index (χ1) is 9.75. The fourth-order valence-electron chi connectivity index (χ4n) is 1.66. The molecule has 1 atom stereocenters. The van der Waals surface area contributed by atoms with Crippen LogP contribution in [-0.2, 0) is 16.1 Å². The second-order valence-electron chi connectivity index (χ2n) is 4.30. The topological polar surface area (TPSA) is 38.3 Å². The molecule has 1 aromatic carbocycles. The van der Waals surface area contributed by atoms with E-state index in [-0.39, 0.29) is 23.6 Å². The first-order valence-electron chi connectivity index (χ1n) is 6.05. The van der Waals surface area contributed by atoms with Gasteiger partial charge in [0.15, 0.2) is 0 Å². The zero-order valence-electron chi connectivity index (χ0n) is 11.1. The lowest BCUT2D eigenvalue weighted by Gasteiger charge is -2.21. The number of carbonyl (C=O) groups excluding carboxylic acids is 1. The summed E-state index contributed by atoms with van der Waals surface area (Å²) in [5.74, 6) is -1.50. The fourth-order valence-corrected chi connectivity index (χ4v) is 1.86. The van der Waals surface area contributed by atoms with Gasteiger partial charge in [-0.25, -0.2) is 4.39 Å². The number of hydrogen-bond donors (Lipinski definition) is 1. The Kier molecular flexibility index (Phi) is 6.42. The first-order valence-corrected chi connectivity index (χ1v) is 6.43. The van der Waals surface area contributed by atoms with Crippen LogP contribution in [0.1, 0.15) is 18.4 Å². The van der Waals surface area contributed by atoms with Crippen LogP contribution in [0.2, 0.25) is 5.02 Å². The standard InChI is InChI=1S/C13H14ClF4NO2/c1-21-11(20)6-5-10(13(16,17)18)19-7-8-3-2-4-9(14)12(8)15/h2-4,10,19H,5-7H2,1H3. The molecule has 0 bridgehead atoms. The molecule has 3 nitrogen and oxygen atoms in total. The van der Waals surface area contributed by atoms with Gasteiger partial charge in [0.05, 0.1) is 12.1 Å². The van der Waals surface area contributed by atoms with Crippen molar-refractivity contribution in [2.24, 2.45) is 0 Å². The van der Waals surface area contributed by atoms with Gasteiger partial charge in [0.25, 0.3) is 0 Å². The van der Waals surface area contributed by atoms with Crippen LogP contribution in [0.15, 0.2) is 18.2 Å². The maximum Gasteiger partial charge on any atom is 0.403 e. The minimum absolute atomic E-state index is 0.0230. The van der Waals surface area contributed by atoms with Gasteiger partial charge in [-0.05, 0) is 12.5 Å². The molecular formula is C13H14ClF4NO2. The molecule has 0 heterocycles. The molecular weight excluding hydrogens is 314 g/mol. The number of ether oxygens (including phenoxy) is 1. The van der Waals surface area contributed by atoms with Gasteiger partial charge in [0.1, 0.15) is 11.9 Å². The fraction of sp³-hybridized carbons (Fsp3) is 0.462. The average Bonchev–Trinajstić information content (AvgIpc) is 2.41. The number of rotatable bonds is 6. The summed E-state index contributed by atoms with van der Waals surface area (Å²) in [7, 11) is 1.10. The minimum Gasteiger partial charge on any atom is -0.469 e. The summed E-state index contributed by atoms with van der Waals surface area (Å²) in [6, 6.07) is 2.15. The van der Waals surface area contributed by atoms with Gasteiger partial charge in [-0.2, -0.15) is 13.2 Å². The monoisotopic (exact) mass is 327 g/mol. The van der Waals surface area contributed by atoms with Crippen molar-refractivity contribution in [3.8, 4) is 0 Å². The molecule has 0 fully saturated rings. The molecule has 0 radical (unpaired) electrons. The largest absolute Gasteiger partial charge is 0.469 e. The SMILES string of the molecule is COC(=O)CCC(NCc1cccc(Cl)c1F)C(F)(F)F. The molecule has 0 aliphatic rings. The lowest BCUT2D eigenvalue weighted by atomic mass is 10.1. The van der Waals surface area contributed by atoms with Crippen molar-refractivity contribution in [3.63, 3.8) is 0 Å². The van der Waals surface area contributed by atoms with Gasteiger partial charge in [-0.15, -0.1) is 0 Å². The molecule has 1 N–H and O–H groups in total. The number of halogens is 5. The number of methoxy groups -OCH3 is 1. The molecule has 0 amide bonds. The average molecular weight is 328 g/mol. The third-order valence-electron chi connectivity index (χ3n) is 2.83. The Labute approximate surface area is 124 Å². The lowest BCUT2D eigenvalue weighted by Crippen LogP contribution is -2.42. The summed E-state index contributed by atoms with van der Waals surface area (Å²) in [6.45, 7) is -0.349. The predicted octanol–water partition coefficient (Wildman–Crippen LogP) is 3.45. The molecule has 8 heteroatoms. The van der Waals surface area contributed by atoms with Gasteiger partial charge >= 0.3 is 12.1 Å². The van der Waals surface area contributed by atoms with Crippen LogP contribution in [0.25, 0.3) is 0 Å². The second kappa shape index (κ2) is 7.61. The number of hydrogen-bond acceptors (Lipinski definition) is 3. The molecule has 0 spiro atoms. The highest BCUT2D eigenvalue weighted by Crippen LogP contribution is 2.25. The third-order valence-corrected chi connectivity index (χ3v) is 3.12. The molecule has 118 valence electrons. The second-order valence-corrected chi connectivity index (χ2v) is 4.71. The molecule has 1 aromatic rings. The van der Waals surface area contributed by atoms with Gasteiger partial charge in [0.2, 0.25) is 0 Å². The Bertz CT molecular complexity index is 494. The van der Waals surface area contributed by atoms with Crippen molar-refractivity contribution in [2.75, 3.05) is 7.11 Å². The Morgan fingerprint density at radius 1 is 1.43 bits per heavy atom. The maximum absolute atomic E-state index is 13.6. The van der Waals surface area contributed by atoms with E-state index in [1.165, 1.54) is 18.2 Å². The van der Waals surface area contributed by atoms with Crippen LogP contribution < -0.4 is 5.32 Å². The van der Waals surface area contributed by atoms with Gasteiger partial charge in [-0.1, -0.05) is 23.7 Å². The molecule has 0 aromatic heterocycles. The van der Waals surface area contributed by atoms with E-state index in [1.54, 1.807) is 0 Å². The molecule has 1 rings (SSSR count). The lowest BCUT2D eigenvalue weighted by molar-refractivity contribution is -0.160. The Morgan fingerprint density at radius 2 is 2.10 bits per heavy atom. The summed E-state index contributed by atoms with van der Waals surface area (Å²) < 4.78 is 56.4. The summed E-state index contributed by atoms with van der Waals surface area (Å²) in [6.07, 6.45) is -5.42. The first kappa shape index (κ1) is 17.7. The molecule has 21 heavy (non-hydrogen) atoms. The maximum atomic E-state index is 13.6. The molecule has 0 aliphatic heterocycles. The molecule has 0 aliphatic carbocycles. The van der Waals surface area contributed by atoms with Crippen LogP contribution in [0, 0.1) is 5.82 Å². The van der Waals surface area contributed by atoms with E-state index >= 15 is 0 Å². The van der Waals surface area contributed by atoms with Crippen molar-refractivity contribution in [1.82, 2.24) is 5.32 Å². The van der Waals surface area contributed by atoms with E-state index in [9.17, 15) is 22.4 Å². The Hall–Kier alpha value is -1.34. The van der Waals surface area contributed by atoms with Crippen LogP contribution >= 0.6 is 11.6 Å². The van der Waals surface area contributed by atoms with Crippen LogP contribution in [0.3, 0.4) is 0 Å². The van der Waals surface area contributed by atoms with Crippen molar-refractivity contribution in [2.45, 2.75) is 31.6 Å². The molecule has 0 saturated carbocycles. The van der Waals surface area contributed by atoms with E-state index < -0.39 is 30.4 Å². The number of benzene rings is 1. The van der Waals surface area contributed by atoms with E-state index in [1.807, 2.05) is 0 Å². The van der Waals surface area contributed by atoms with Crippen molar-refractivity contribution < 1.29 is 27.1 Å². The highest BCUT2D eigenvalue weighted by molar-refractivity contribution is 6.30. The van der Waals surface area contributed by atoms with Gasteiger partial charge in [0, 0.05) is 18.5 Å². The highest BCUT2D eigenvalue weighted by Gasteiger charge is 2.39. The summed E-state index contributed by atoms with van der Waals surface area (Å²) >= 11 is 5.55. The smallest absolute Gasteiger partial charge is 0.403 e. The molecule has 1 unspecified atom stereocenters. The van der Waals surface area contributed by atoms with E-state index in [0.717, 1.165) is 7.11 Å². The minimum atomic E-state index is -4.55. The van der Waals surface area contributed by atoms with Crippen molar-refractivity contribution >= 4 is 17.6 Å².